The molecule has 2 N–H and O–H groups in total. The molecule has 3 aliphatic rings. The molecule has 0 spiro atoms. The Morgan fingerprint density at radius 2 is 1.95 bits per heavy atom. The summed E-state index contributed by atoms with van der Waals surface area (Å²) in [7, 11) is 0. The summed E-state index contributed by atoms with van der Waals surface area (Å²) in [5.41, 5.74) is 2.32. The summed E-state index contributed by atoms with van der Waals surface area (Å²) in [6.07, 6.45) is 2.63. The van der Waals surface area contributed by atoms with Gasteiger partial charge in [0.2, 0.25) is 17.7 Å². The topological polar surface area (TPSA) is 108 Å². The number of aromatic amines is 1. The van der Waals surface area contributed by atoms with Crippen molar-refractivity contribution >= 4 is 28.6 Å². The molecule has 0 radical (unpaired) electrons. The Morgan fingerprint density at radius 1 is 1.14 bits per heavy atom. The van der Waals surface area contributed by atoms with Gasteiger partial charge in [0.25, 0.3) is 0 Å². The molecule has 6 rings (SSSR count). The van der Waals surface area contributed by atoms with Crippen LogP contribution >= 0.6 is 0 Å². The van der Waals surface area contributed by atoms with E-state index < -0.39 is 17.4 Å². The molecular weight excluding hydrogens is 472 g/mol. The Bertz CT molecular complexity index is 1330. The summed E-state index contributed by atoms with van der Waals surface area (Å²) in [4.78, 5) is 48.1. The molecular formula is C28H32N4O5. The lowest BCUT2D eigenvalue weighted by Gasteiger charge is -2.54. The van der Waals surface area contributed by atoms with E-state index >= 15 is 0 Å². The lowest BCUT2D eigenvalue weighted by molar-refractivity contribution is -0.166. The number of piperidine rings is 1. The first-order chi connectivity index (χ1) is 18.0. The number of H-pyrrole nitrogens is 1. The van der Waals surface area contributed by atoms with Gasteiger partial charge in [0.15, 0.2) is 0 Å². The second-order valence-corrected chi connectivity index (χ2v) is 10.4. The highest BCUT2D eigenvalue weighted by atomic mass is 16.5. The SMILES string of the molecule is C[C@]12c3[nH]c4ccccc4c3CCN1C(=O)C(CC(=O)NCc1ccco1)C[C@@H]2C(=O)N1CCOCC1. The van der Waals surface area contributed by atoms with Crippen molar-refractivity contribution in [2.24, 2.45) is 11.8 Å². The molecule has 0 bridgehead atoms. The van der Waals surface area contributed by atoms with Gasteiger partial charge in [-0.25, -0.2) is 0 Å². The highest BCUT2D eigenvalue weighted by Gasteiger charge is 2.57. The predicted octanol–water partition coefficient (Wildman–Crippen LogP) is 2.56. The van der Waals surface area contributed by atoms with E-state index in [1.807, 2.05) is 34.9 Å². The lowest BCUT2D eigenvalue weighted by Crippen LogP contribution is -2.65. The van der Waals surface area contributed by atoms with E-state index in [1.54, 1.807) is 18.4 Å². The summed E-state index contributed by atoms with van der Waals surface area (Å²) in [5, 5.41) is 4.00. The zero-order valence-corrected chi connectivity index (χ0v) is 21.0. The van der Waals surface area contributed by atoms with E-state index in [9.17, 15) is 14.4 Å². The maximum Gasteiger partial charge on any atom is 0.228 e. The van der Waals surface area contributed by atoms with Gasteiger partial charge in [0.1, 0.15) is 5.76 Å². The highest BCUT2D eigenvalue weighted by Crippen LogP contribution is 2.50. The number of nitrogens with zero attached hydrogens (tertiary/aromatic N) is 2. The number of aromatic nitrogens is 1. The zero-order chi connectivity index (χ0) is 25.6. The van der Waals surface area contributed by atoms with Crippen molar-refractivity contribution in [3.8, 4) is 0 Å². The molecule has 9 nitrogen and oxygen atoms in total. The van der Waals surface area contributed by atoms with E-state index in [2.05, 4.69) is 16.4 Å². The van der Waals surface area contributed by atoms with Crippen LogP contribution in [0.25, 0.3) is 10.9 Å². The number of hydrogen-bond donors (Lipinski definition) is 2. The Hall–Kier alpha value is -3.59. The van der Waals surface area contributed by atoms with Crippen molar-refractivity contribution < 1.29 is 23.5 Å². The van der Waals surface area contributed by atoms with Crippen molar-refractivity contribution in [2.75, 3.05) is 32.8 Å². The van der Waals surface area contributed by atoms with Gasteiger partial charge in [-0.05, 0) is 43.5 Å². The third kappa shape index (κ3) is 4.01. The lowest BCUT2D eigenvalue weighted by atomic mass is 9.67. The Labute approximate surface area is 215 Å². The molecule has 1 aromatic carbocycles. The second-order valence-electron chi connectivity index (χ2n) is 10.4. The minimum Gasteiger partial charge on any atom is -0.467 e. The molecule has 2 fully saturated rings. The third-order valence-corrected chi connectivity index (χ3v) is 8.37. The number of benzene rings is 1. The Morgan fingerprint density at radius 3 is 2.73 bits per heavy atom. The molecule has 194 valence electrons. The number of fused-ring (bicyclic) bond motifs is 5. The summed E-state index contributed by atoms with van der Waals surface area (Å²) < 4.78 is 10.8. The summed E-state index contributed by atoms with van der Waals surface area (Å²) in [5.74, 6) is -0.650. The van der Waals surface area contributed by atoms with Gasteiger partial charge in [0, 0.05) is 48.6 Å². The van der Waals surface area contributed by atoms with E-state index in [4.69, 9.17) is 9.15 Å². The normalized spacial score (nSPS) is 25.6. The first-order valence-electron chi connectivity index (χ1n) is 13.0. The predicted molar refractivity (Wildman–Crippen MR) is 135 cm³/mol. The fourth-order valence-electron chi connectivity index (χ4n) is 6.43. The third-order valence-electron chi connectivity index (χ3n) is 8.37. The van der Waals surface area contributed by atoms with Gasteiger partial charge in [0.05, 0.1) is 37.5 Å². The van der Waals surface area contributed by atoms with Crippen LogP contribution in [-0.2, 0) is 37.6 Å². The highest BCUT2D eigenvalue weighted by molar-refractivity contribution is 5.93. The van der Waals surface area contributed by atoms with E-state index in [1.165, 1.54) is 5.56 Å². The minimum absolute atomic E-state index is 0.0239. The van der Waals surface area contributed by atoms with Gasteiger partial charge in [-0.15, -0.1) is 0 Å². The van der Waals surface area contributed by atoms with Crippen LogP contribution in [0, 0.1) is 11.8 Å². The van der Waals surface area contributed by atoms with Crippen LogP contribution in [0.15, 0.2) is 47.1 Å². The van der Waals surface area contributed by atoms with Gasteiger partial charge in [-0.1, -0.05) is 18.2 Å². The number of nitrogens with one attached hydrogen (secondary N) is 2. The van der Waals surface area contributed by atoms with Crippen LogP contribution in [0.1, 0.15) is 36.8 Å². The molecule has 9 heteroatoms. The molecule has 2 aromatic heterocycles. The maximum atomic E-state index is 14.1. The average Bonchev–Trinajstić information content (AvgIpc) is 3.58. The molecule has 0 saturated carbocycles. The number of carbonyl (C=O) groups excluding carboxylic acids is 3. The Balaban J connectivity index is 1.33. The molecule has 3 aliphatic heterocycles. The second kappa shape index (κ2) is 9.37. The fraction of sp³-hybridized carbons (Fsp3) is 0.464. The van der Waals surface area contributed by atoms with Gasteiger partial charge >= 0.3 is 0 Å². The monoisotopic (exact) mass is 504 g/mol. The van der Waals surface area contributed by atoms with Crippen LogP contribution in [0.5, 0.6) is 0 Å². The quantitative estimate of drug-likeness (QED) is 0.555. The van der Waals surface area contributed by atoms with Gasteiger partial charge in [-0.2, -0.15) is 0 Å². The average molecular weight is 505 g/mol. The first kappa shape index (κ1) is 23.8. The van der Waals surface area contributed by atoms with Crippen LogP contribution < -0.4 is 5.32 Å². The summed E-state index contributed by atoms with van der Waals surface area (Å²) in [6.45, 7) is 4.89. The standard InChI is InChI=1S/C28H32N4O5/c1-28-22(27(35)31-10-13-36-14-11-31)15-18(16-24(33)29-17-19-5-4-12-37-19)26(34)32(28)9-8-21-20-6-2-3-7-23(20)30-25(21)28/h2-7,12,18,22,30H,8-11,13-17H2,1H3,(H,29,33)/t18?,22-,28+/m1/s1. The zero-order valence-electron chi connectivity index (χ0n) is 21.0. The van der Waals surface area contributed by atoms with E-state index in [-0.39, 0.29) is 30.7 Å². The Kier molecular flexibility index (Phi) is 6.03. The van der Waals surface area contributed by atoms with Gasteiger partial charge < -0.3 is 29.3 Å². The maximum absolute atomic E-state index is 14.1. The summed E-state index contributed by atoms with van der Waals surface area (Å²) >= 11 is 0. The minimum atomic E-state index is -0.819. The number of furan rings is 1. The van der Waals surface area contributed by atoms with Gasteiger partial charge in [-0.3, -0.25) is 14.4 Å². The number of hydrogen-bond acceptors (Lipinski definition) is 5. The number of para-hydroxylation sites is 1. The summed E-state index contributed by atoms with van der Waals surface area (Å²) in [6, 6.07) is 11.7. The van der Waals surface area contributed by atoms with Crippen LogP contribution in [0.2, 0.25) is 0 Å². The first-order valence-corrected chi connectivity index (χ1v) is 13.0. The van der Waals surface area contributed by atoms with Crippen molar-refractivity contribution in [1.82, 2.24) is 20.1 Å². The van der Waals surface area contributed by atoms with Crippen molar-refractivity contribution in [2.45, 2.75) is 38.3 Å². The fourth-order valence-corrected chi connectivity index (χ4v) is 6.43. The number of amides is 3. The molecule has 1 unspecified atom stereocenters. The molecule has 5 heterocycles. The van der Waals surface area contributed by atoms with E-state index in [0.717, 1.165) is 16.6 Å². The number of morpholine rings is 1. The number of ether oxygens (including phenoxy) is 1. The van der Waals surface area contributed by atoms with Crippen LogP contribution in [0.4, 0.5) is 0 Å². The number of carbonyl (C=O) groups is 3. The molecule has 3 atom stereocenters. The molecule has 2 saturated heterocycles. The molecule has 3 amide bonds. The number of rotatable bonds is 5. The molecule has 37 heavy (non-hydrogen) atoms. The largest absolute Gasteiger partial charge is 0.467 e. The van der Waals surface area contributed by atoms with Crippen LogP contribution in [-0.4, -0.2) is 65.4 Å². The van der Waals surface area contributed by atoms with Crippen molar-refractivity contribution in [3.05, 3.63) is 59.7 Å². The molecule has 0 aliphatic carbocycles. The van der Waals surface area contributed by atoms with E-state index in [0.29, 0.717) is 51.4 Å². The van der Waals surface area contributed by atoms with Crippen LogP contribution in [0.3, 0.4) is 0 Å². The van der Waals surface area contributed by atoms with Crippen molar-refractivity contribution in [3.63, 3.8) is 0 Å². The molecule has 3 aromatic rings. The van der Waals surface area contributed by atoms with Crippen molar-refractivity contribution in [1.29, 1.82) is 0 Å². The smallest absolute Gasteiger partial charge is 0.228 e.